The van der Waals surface area contributed by atoms with Crippen LogP contribution in [0.3, 0.4) is 0 Å². The maximum atomic E-state index is 12.3. The Bertz CT molecular complexity index is 334. The highest BCUT2D eigenvalue weighted by Crippen LogP contribution is 2.18. The summed E-state index contributed by atoms with van der Waals surface area (Å²) in [4.78, 5) is 27.0. The summed E-state index contributed by atoms with van der Waals surface area (Å²) in [6, 6.07) is -0.477. The molecular formula is C13H22N2O4. The molecule has 2 aliphatic rings. The van der Waals surface area contributed by atoms with Gasteiger partial charge in [-0.25, -0.2) is 0 Å². The van der Waals surface area contributed by atoms with Gasteiger partial charge in [0.15, 0.2) is 0 Å². The van der Waals surface area contributed by atoms with Crippen LogP contribution < -0.4 is 0 Å². The highest BCUT2D eigenvalue weighted by molar-refractivity contribution is 5.79. The van der Waals surface area contributed by atoms with E-state index in [1.807, 2.05) is 9.80 Å². The fraction of sp³-hybridized carbons (Fsp3) is 0.846. The fourth-order valence-corrected chi connectivity index (χ4v) is 2.68. The third-order valence-electron chi connectivity index (χ3n) is 4.04. The van der Waals surface area contributed by atoms with Gasteiger partial charge in [-0.3, -0.25) is 14.5 Å². The molecule has 2 heterocycles. The van der Waals surface area contributed by atoms with Crippen molar-refractivity contribution in [1.29, 1.82) is 0 Å². The van der Waals surface area contributed by atoms with Crippen LogP contribution in [0.15, 0.2) is 0 Å². The smallest absolute Gasteiger partial charge is 0.320 e. The molecule has 2 unspecified atom stereocenters. The van der Waals surface area contributed by atoms with Crippen LogP contribution in [0.25, 0.3) is 0 Å². The third-order valence-corrected chi connectivity index (χ3v) is 4.04. The van der Waals surface area contributed by atoms with Crippen molar-refractivity contribution in [2.24, 2.45) is 5.92 Å². The van der Waals surface area contributed by atoms with Crippen LogP contribution in [-0.2, 0) is 14.3 Å². The molecule has 6 heteroatoms. The van der Waals surface area contributed by atoms with E-state index in [0.717, 1.165) is 19.4 Å². The highest BCUT2D eigenvalue weighted by Gasteiger charge is 2.31. The normalized spacial score (nSPS) is 27.0. The minimum atomic E-state index is -0.805. The van der Waals surface area contributed by atoms with E-state index in [9.17, 15) is 9.59 Å². The van der Waals surface area contributed by atoms with Gasteiger partial charge in [-0.15, -0.1) is 0 Å². The van der Waals surface area contributed by atoms with Crippen LogP contribution in [0.4, 0.5) is 0 Å². The Hall–Kier alpha value is -1.14. The molecule has 0 radical (unpaired) electrons. The number of ether oxygens (including phenoxy) is 1. The highest BCUT2D eigenvalue weighted by atomic mass is 16.5. The molecule has 1 N–H and O–H groups in total. The number of carbonyl (C=O) groups is 2. The van der Waals surface area contributed by atoms with Gasteiger partial charge < -0.3 is 14.7 Å². The van der Waals surface area contributed by atoms with Crippen LogP contribution in [0.1, 0.15) is 19.8 Å². The minimum Gasteiger partial charge on any atom is -0.480 e. The van der Waals surface area contributed by atoms with Crippen molar-refractivity contribution in [2.45, 2.75) is 25.8 Å². The van der Waals surface area contributed by atoms with Crippen LogP contribution in [0.5, 0.6) is 0 Å². The van der Waals surface area contributed by atoms with Crippen molar-refractivity contribution < 1.29 is 19.4 Å². The zero-order valence-corrected chi connectivity index (χ0v) is 11.4. The average molecular weight is 270 g/mol. The molecule has 2 atom stereocenters. The van der Waals surface area contributed by atoms with Gasteiger partial charge in [0, 0.05) is 32.8 Å². The molecular weight excluding hydrogens is 248 g/mol. The van der Waals surface area contributed by atoms with Crippen LogP contribution in [-0.4, -0.2) is 72.2 Å². The van der Waals surface area contributed by atoms with Crippen LogP contribution in [0, 0.1) is 5.92 Å². The number of amides is 1. The predicted molar refractivity (Wildman–Crippen MR) is 68.8 cm³/mol. The largest absolute Gasteiger partial charge is 0.480 e. The second-order valence-corrected chi connectivity index (χ2v) is 5.29. The zero-order chi connectivity index (χ0) is 13.8. The molecule has 0 bridgehead atoms. The Morgan fingerprint density at radius 2 is 1.95 bits per heavy atom. The number of carboxylic acids is 1. The maximum absolute atomic E-state index is 12.3. The van der Waals surface area contributed by atoms with Crippen LogP contribution >= 0.6 is 0 Å². The Labute approximate surface area is 113 Å². The molecule has 2 saturated heterocycles. The van der Waals surface area contributed by atoms with Crippen molar-refractivity contribution in [1.82, 2.24) is 9.80 Å². The number of carboxylic acid groups (broad SMARTS) is 1. The number of carbonyl (C=O) groups excluding carboxylic acids is 1. The Kier molecular flexibility index (Phi) is 4.76. The van der Waals surface area contributed by atoms with E-state index in [0.29, 0.717) is 32.8 Å². The first-order chi connectivity index (χ1) is 9.09. The lowest BCUT2D eigenvalue weighted by molar-refractivity contribution is -0.145. The van der Waals surface area contributed by atoms with E-state index in [1.54, 1.807) is 6.92 Å². The molecule has 108 valence electrons. The Morgan fingerprint density at radius 1 is 1.26 bits per heavy atom. The lowest BCUT2D eigenvalue weighted by Crippen LogP contribution is -2.54. The molecule has 6 nitrogen and oxygen atoms in total. The molecule has 0 aliphatic carbocycles. The topological polar surface area (TPSA) is 70.1 Å². The number of hydrogen-bond donors (Lipinski definition) is 1. The van der Waals surface area contributed by atoms with Crippen molar-refractivity contribution >= 4 is 11.9 Å². The standard InChI is InChI=1S/C13H22N2O4/c1-10(13(17)18)14-4-6-15(7-5-14)12(16)11-3-2-8-19-9-11/h10-11H,2-9H2,1H3,(H,17,18). The number of hydrogen-bond acceptors (Lipinski definition) is 4. The van der Waals surface area contributed by atoms with E-state index < -0.39 is 12.0 Å². The second-order valence-electron chi connectivity index (χ2n) is 5.29. The number of nitrogens with zero attached hydrogens (tertiary/aromatic N) is 2. The summed E-state index contributed by atoms with van der Waals surface area (Å²) in [5.41, 5.74) is 0. The lowest BCUT2D eigenvalue weighted by atomic mass is 10.0. The summed E-state index contributed by atoms with van der Waals surface area (Å²) in [6.45, 7) is 5.48. The van der Waals surface area contributed by atoms with Crippen molar-refractivity contribution in [3.8, 4) is 0 Å². The third kappa shape index (κ3) is 3.45. The minimum absolute atomic E-state index is 0.00260. The molecule has 19 heavy (non-hydrogen) atoms. The van der Waals surface area contributed by atoms with Gasteiger partial charge in [-0.1, -0.05) is 0 Å². The Morgan fingerprint density at radius 3 is 2.47 bits per heavy atom. The fourth-order valence-electron chi connectivity index (χ4n) is 2.68. The summed E-state index contributed by atoms with van der Waals surface area (Å²) in [5.74, 6) is -0.639. The van der Waals surface area contributed by atoms with Gasteiger partial charge in [0.05, 0.1) is 12.5 Å². The molecule has 2 rings (SSSR count). The quantitative estimate of drug-likeness (QED) is 0.783. The molecule has 2 aliphatic heterocycles. The summed E-state index contributed by atoms with van der Waals surface area (Å²) in [7, 11) is 0. The second kappa shape index (κ2) is 6.34. The molecule has 0 aromatic heterocycles. The Balaban J connectivity index is 1.82. The predicted octanol–water partition coefficient (Wildman–Crippen LogP) is 0.0303. The monoisotopic (exact) mass is 270 g/mol. The molecule has 0 spiro atoms. The van der Waals surface area contributed by atoms with Gasteiger partial charge >= 0.3 is 5.97 Å². The van der Waals surface area contributed by atoms with Gasteiger partial charge in [-0.2, -0.15) is 0 Å². The summed E-state index contributed by atoms with van der Waals surface area (Å²) in [6.07, 6.45) is 1.86. The van der Waals surface area contributed by atoms with Crippen molar-refractivity contribution in [2.75, 3.05) is 39.4 Å². The maximum Gasteiger partial charge on any atom is 0.320 e. The number of piperazine rings is 1. The molecule has 2 fully saturated rings. The van der Waals surface area contributed by atoms with E-state index in [4.69, 9.17) is 9.84 Å². The van der Waals surface area contributed by atoms with Gasteiger partial charge in [0.2, 0.25) is 5.91 Å². The summed E-state index contributed by atoms with van der Waals surface area (Å²) < 4.78 is 5.35. The molecule has 1 amide bonds. The van der Waals surface area contributed by atoms with Gasteiger partial charge in [0.25, 0.3) is 0 Å². The van der Waals surface area contributed by atoms with Crippen LogP contribution in [0.2, 0.25) is 0 Å². The van der Waals surface area contributed by atoms with Crippen molar-refractivity contribution in [3.05, 3.63) is 0 Å². The van der Waals surface area contributed by atoms with E-state index in [-0.39, 0.29) is 11.8 Å². The SMILES string of the molecule is CC(C(=O)O)N1CCN(C(=O)C2CCCOC2)CC1. The van der Waals surface area contributed by atoms with Gasteiger partial charge in [0.1, 0.15) is 6.04 Å². The zero-order valence-electron chi connectivity index (χ0n) is 11.4. The lowest BCUT2D eigenvalue weighted by Gasteiger charge is -2.38. The molecule has 0 aromatic rings. The van der Waals surface area contributed by atoms with E-state index in [1.165, 1.54) is 0 Å². The van der Waals surface area contributed by atoms with Gasteiger partial charge in [-0.05, 0) is 19.8 Å². The number of rotatable bonds is 3. The van der Waals surface area contributed by atoms with E-state index >= 15 is 0 Å². The van der Waals surface area contributed by atoms with E-state index in [2.05, 4.69) is 0 Å². The molecule has 0 saturated carbocycles. The first-order valence-corrected chi connectivity index (χ1v) is 6.93. The first-order valence-electron chi connectivity index (χ1n) is 6.93. The average Bonchev–Trinajstić information content (AvgIpc) is 2.46. The van der Waals surface area contributed by atoms with Crippen molar-refractivity contribution in [3.63, 3.8) is 0 Å². The number of aliphatic carboxylic acids is 1. The summed E-state index contributed by atoms with van der Waals surface area (Å²) in [5, 5.41) is 8.97. The first kappa shape index (κ1) is 14.3. The molecule has 0 aromatic carbocycles. The summed E-state index contributed by atoms with van der Waals surface area (Å²) >= 11 is 0.